The molecule has 1 aromatic heterocycles. The number of halogens is 1. The van der Waals surface area contributed by atoms with Gasteiger partial charge in [-0.3, -0.25) is 9.78 Å². The predicted molar refractivity (Wildman–Crippen MR) is 75.7 cm³/mol. The maximum Gasteiger partial charge on any atom is 0.255 e. The van der Waals surface area contributed by atoms with Crippen molar-refractivity contribution < 1.29 is 9.18 Å². The van der Waals surface area contributed by atoms with Crippen LogP contribution in [0, 0.1) is 5.82 Å². The van der Waals surface area contributed by atoms with Gasteiger partial charge in [-0.2, -0.15) is 0 Å². The molecule has 2 N–H and O–H groups in total. The predicted octanol–water partition coefficient (Wildman–Crippen LogP) is 2.12. The van der Waals surface area contributed by atoms with Gasteiger partial charge < -0.3 is 10.6 Å². The standard InChI is InChI=1S/C15H16FN3O/c1-19(9-6-11-4-7-18-8-5-11)15(20)13-3-2-12(16)10-14(13)17/h2-5,7-8,10H,6,9,17H2,1H3. The summed E-state index contributed by atoms with van der Waals surface area (Å²) in [4.78, 5) is 17.7. The number of pyridine rings is 1. The number of hydrogen-bond acceptors (Lipinski definition) is 3. The summed E-state index contributed by atoms with van der Waals surface area (Å²) in [5.41, 5.74) is 7.26. The fourth-order valence-corrected chi connectivity index (χ4v) is 1.88. The first-order valence-corrected chi connectivity index (χ1v) is 6.27. The molecule has 0 fully saturated rings. The first-order valence-electron chi connectivity index (χ1n) is 6.27. The largest absolute Gasteiger partial charge is 0.398 e. The number of likely N-dealkylation sites (N-methyl/N-ethyl adjacent to an activating group) is 1. The van der Waals surface area contributed by atoms with Crippen molar-refractivity contribution in [3.8, 4) is 0 Å². The number of carbonyl (C=O) groups excluding carboxylic acids is 1. The molecule has 104 valence electrons. The van der Waals surface area contributed by atoms with Crippen molar-refractivity contribution in [2.45, 2.75) is 6.42 Å². The minimum atomic E-state index is -0.446. The summed E-state index contributed by atoms with van der Waals surface area (Å²) >= 11 is 0. The molecule has 1 heterocycles. The zero-order valence-corrected chi connectivity index (χ0v) is 11.2. The van der Waals surface area contributed by atoms with Gasteiger partial charge in [0.15, 0.2) is 0 Å². The van der Waals surface area contributed by atoms with Gasteiger partial charge in [-0.1, -0.05) is 0 Å². The van der Waals surface area contributed by atoms with Crippen LogP contribution in [0.4, 0.5) is 10.1 Å². The summed E-state index contributed by atoms with van der Waals surface area (Å²) < 4.78 is 13.0. The summed E-state index contributed by atoms with van der Waals surface area (Å²) in [6.45, 7) is 0.555. The highest BCUT2D eigenvalue weighted by atomic mass is 19.1. The van der Waals surface area contributed by atoms with Crippen molar-refractivity contribution in [2.24, 2.45) is 0 Å². The number of nitrogen functional groups attached to an aromatic ring is 1. The first kappa shape index (κ1) is 14.0. The number of carbonyl (C=O) groups is 1. The Kier molecular flexibility index (Phi) is 4.30. The Morgan fingerprint density at radius 2 is 2.00 bits per heavy atom. The van der Waals surface area contributed by atoms with Crippen molar-refractivity contribution in [3.05, 3.63) is 59.7 Å². The van der Waals surface area contributed by atoms with Gasteiger partial charge in [-0.05, 0) is 42.3 Å². The van der Waals surface area contributed by atoms with Gasteiger partial charge >= 0.3 is 0 Å². The van der Waals surface area contributed by atoms with E-state index in [0.717, 1.165) is 18.1 Å². The van der Waals surface area contributed by atoms with E-state index in [4.69, 9.17) is 5.73 Å². The Labute approximate surface area is 117 Å². The second-order valence-corrected chi connectivity index (χ2v) is 4.56. The zero-order chi connectivity index (χ0) is 14.5. The van der Waals surface area contributed by atoms with Gasteiger partial charge in [0, 0.05) is 31.7 Å². The lowest BCUT2D eigenvalue weighted by Crippen LogP contribution is -2.29. The molecule has 5 heteroatoms. The Morgan fingerprint density at radius 1 is 1.30 bits per heavy atom. The van der Waals surface area contributed by atoms with Crippen LogP contribution in [-0.2, 0) is 6.42 Å². The van der Waals surface area contributed by atoms with Crippen molar-refractivity contribution in [3.63, 3.8) is 0 Å². The van der Waals surface area contributed by atoms with E-state index < -0.39 is 5.82 Å². The molecule has 4 nitrogen and oxygen atoms in total. The van der Waals surface area contributed by atoms with Crippen LogP contribution in [0.25, 0.3) is 0 Å². The van der Waals surface area contributed by atoms with Gasteiger partial charge in [-0.25, -0.2) is 4.39 Å². The van der Waals surface area contributed by atoms with Crippen molar-refractivity contribution >= 4 is 11.6 Å². The van der Waals surface area contributed by atoms with Crippen LogP contribution in [0.2, 0.25) is 0 Å². The fraction of sp³-hybridized carbons (Fsp3) is 0.200. The topological polar surface area (TPSA) is 59.2 Å². The van der Waals surface area contributed by atoms with Crippen LogP contribution in [0.3, 0.4) is 0 Å². The summed E-state index contributed by atoms with van der Waals surface area (Å²) in [6, 6.07) is 7.62. The summed E-state index contributed by atoms with van der Waals surface area (Å²) in [7, 11) is 1.70. The lowest BCUT2D eigenvalue weighted by molar-refractivity contribution is 0.0797. The normalized spacial score (nSPS) is 10.3. The van der Waals surface area contributed by atoms with Crippen LogP contribution in [0.5, 0.6) is 0 Å². The number of benzene rings is 1. The zero-order valence-electron chi connectivity index (χ0n) is 11.2. The molecule has 0 aliphatic heterocycles. The molecule has 0 spiro atoms. The van der Waals surface area contributed by atoms with E-state index in [1.165, 1.54) is 12.1 Å². The second kappa shape index (κ2) is 6.14. The molecule has 0 saturated heterocycles. The van der Waals surface area contributed by atoms with Gasteiger partial charge in [0.05, 0.1) is 5.56 Å². The van der Waals surface area contributed by atoms with E-state index in [9.17, 15) is 9.18 Å². The molecular formula is C15H16FN3O. The van der Waals surface area contributed by atoms with E-state index in [-0.39, 0.29) is 11.6 Å². The van der Waals surface area contributed by atoms with Gasteiger partial charge in [-0.15, -0.1) is 0 Å². The summed E-state index contributed by atoms with van der Waals surface area (Å²) in [6.07, 6.45) is 4.16. The lowest BCUT2D eigenvalue weighted by Gasteiger charge is -2.18. The van der Waals surface area contributed by atoms with Crippen LogP contribution in [-0.4, -0.2) is 29.4 Å². The van der Waals surface area contributed by atoms with E-state index in [1.54, 1.807) is 24.3 Å². The minimum absolute atomic E-state index is 0.158. The summed E-state index contributed by atoms with van der Waals surface area (Å²) in [5, 5.41) is 0. The smallest absolute Gasteiger partial charge is 0.255 e. The molecule has 1 aromatic carbocycles. The first-order chi connectivity index (χ1) is 9.58. The molecule has 0 saturated carbocycles. The maximum absolute atomic E-state index is 13.0. The SMILES string of the molecule is CN(CCc1ccncc1)C(=O)c1ccc(F)cc1N. The molecule has 0 aliphatic rings. The molecule has 0 bridgehead atoms. The van der Waals surface area contributed by atoms with Crippen LogP contribution in [0.15, 0.2) is 42.7 Å². The third-order valence-corrected chi connectivity index (χ3v) is 3.08. The number of aromatic nitrogens is 1. The van der Waals surface area contributed by atoms with E-state index >= 15 is 0 Å². The van der Waals surface area contributed by atoms with Crippen molar-refractivity contribution in [2.75, 3.05) is 19.3 Å². The molecule has 0 unspecified atom stereocenters. The lowest BCUT2D eigenvalue weighted by atomic mass is 10.1. The number of hydrogen-bond donors (Lipinski definition) is 1. The number of nitrogens with zero attached hydrogens (tertiary/aromatic N) is 2. The van der Waals surface area contributed by atoms with E-state index in [1.807, 2.05) is 12.1 Å². The van der Waals surface area contributed by atoms with Crippen molar-refractivity contribution in [1.82, 2.24) is 9.88 Å². The number of anilines is 1. The molecule has 20 heavy (non-hydrogen) atoms. The van der Waals surface area contributed by atoms with Gasteiger partial charge in [0.25, 0.3) is 5.91 Å². The molecule has 0 radical (unpaired) electrons. The number of amides is 1. The van der Waals surface area contributed by atoms with Gasteiger partial charge in [0.2, 0.25) is 0 Å². The molecular weight excluding hydrogens is 257 g/mol. The van der Waals surface area contributed by atoms with Gasteiger partial charge in [0.1, 0.15) is 5.82 Å². The minimum Gasteiger partial charge on any atom is -0.398 e. The Hall–Kier alpha value is -2.43. The number of nitrogens with two attached hydrogens (primary N) is 1. The molecule has 2 rings (SSSR count). The highest BCUT2D eigenvalue weighted by Crippen LogP contribution is 2.15. The Balaban J connectivity index is 2.01. The Morgan fingerprint density at radius 3 is 2.65 bits per heavy atom. The highest BCUT2D eigenvalue weighted by Gasteiger charge is 2.14. The second-order valence-electron chi connectivity index (χ2n) is 4.56. The van der Waals surface area contributed by atoms with Crippen LogP contribution >= 0.6 is 0 Å². The molecule has 1 amide bonds. The molecule has 2 aromatic rings. The van der Waals surface area contributed by atoms with Crippen LogP contribution in [0.1, 0.15) is 15.9 Å². The third kappa shape index (κ3) is 3.32. The van der Waals surface area contributed by atoms with E-state index in [0.29, 0.717) is 12.1 Å². The molecule has 0 aliphatic carbocycles. The quantitative estimate of drug-likeness (QED) is 0.868. The number of rotatable bonds is 4. The van der Waals surface area contributed by atoms with Crippen molar-refractivity contribution in [1.29, 1.82) is 0 Å². The molecule has 0 atom stereocenters. The maximum atomic E-state index is 13.0. The monoisotopic (exact) mass is 273 g/mol. The average molecular weight is 273 g/mol. The third-order valence-electron chi connectivity index (χ3n) is 3.08. The fourth-order valence-electron chi connectivity index (χ4n) is 1.88. The van der Waals surface area contributed by atoms with Crippen LogP contribution < -0.4 is 5.73 Å². The highest BCUT2D eigenvalue weighted by molar-refractivity contribution is 5.98. The average Bonchev–Trinajstić information content (AvgIpc) is 2.45. The summed E-state index contributed by atoms with van der Waals surface area (Å²) in [5.74, 6) is -0.657. The Bertz CT molecular complexity index is 601. The van der Waals surface area contributed by atoms with E-state index in [2.05, 4.69) is 4.98 Å².